The summed E-state index contributed by atoms with van der Waals surface area (Å²) in [6.07, 6.45) is 11.9. The zero-order chi connectivity index (χ0) is 24.3. The summed E-state index contributed by atoms with van der Waals surface area (Å²) in [6, 6.07) is 12.2. The normalized spacial score (nSPS) is 19.8. The van der Waals surface area contributed by atoms with Crippen molar-refractivity contribution in [3.8, 4) is 0 Å². The van der Waals surface area contributed by atoms with Crippen LogP contribution in [0.3, 0.4) is 0 Å². The van der Waals surface area contributed by atoms with Gasteiger partial charge in [-0.15, -0.1) is 0 Å². The van der Waals surface area contributed by atoms with Gasteiger partial charge in [-0.25, -0.2) is 4.79 Å². The van der Waals surface area contributed by atoms with Crippen LogP contribution in [0.25, 0.3) is 6.08 Å². The molecule has 0 radical (unpaired) electrons. The number of pyridine rings is 2. The van der Waals surface area contributed by atoms with Crippen LogP contribution in [0.2, 0.25) is 0 Å². The molecule has 4 heterocycles. The first-order chi connectivity index (χ1) is 17.2. The second kappa shape index (κ2) is 16.3. The zero-order valence-corrected chi connectivity index (χ0v) is 22.5. The van der Waals surface area contributed by atoms with E-state index in [2.05, 4.69) is 30.8 Å². The van der Waals surface area contributed by atoms with Crippen LogP contribution in [0, 0.1) is 0 Å². The number of rotatable bonds is 13. The maximum absolute atomic E-state index is 12.4. The number of hydrogen-bond acceptors (Lipinski definition) is 6. The van der Waals surface area contributed by atoms with Crippen LogP contribution >= 0.6 is 11.8 Å². The summed E-state index contributed by atoms with van der Waals surface area (Å²) in [5.74, 6) is 1.07. The van der Waals surface area contributed by atoms with Crippen LogP contribution in [0.5, 0.6) is 0 Å². The number of carbonyl (C=O) groups excluding carboxylic acids is 2. The Balaban J connectivity index is 0.00000241. The molecule has 2 aliphatic heterocycles. The van der Waals surface area contributed by atoms with Crippen LogP contribution in [0.1, 0.15) is 37.1 Å². The van der Waals surface area contributed by atoms with Gasteiger partial charge < -0.3 is 26.3 Å². The van der Waals surface area contributed by atoms with Gasteiger partial charge in [-0.05, 0) is 43.2 Å². The van der Waals surface area contributed by atoms with Gasteiger partial charge in [-0.2, -0.15) is 11.8 Å². The zero-order valence-electron chi connectivity index (χ0n) is 20.7. The molecule has 3 amide bonds. The number of nitrogens with zero attached hydrogens (tertiary/aromatic N) is 3. The number of amides is 3. The first-order valence-electron chi connectivity index (χ1n) is 12.4. The Bertz CT molecular complexity index is 985. The van der Waals surface area contributed by atoms with E-state index in [0.717, 1.165) is 55.9 Å². The van der Waals surface area contributed by atoms with E-state index >= 15 is 0 Å². The standard InChI is InChI=1S/C26H34N6O2S.Cu.H2O/c33-24(10-2-1-9-23-25-22(19-35-23)30-26(34)31-25)29-15-18-32(16-11-20-7-3-5-13-27-20)17-12-21-8-4-6-14-28-21;;/h3-8,11,13-14,16,22-23,25H,1-2,9-10,12,15,17-19H2,(H,29,33)(H2,30,31,34);;1H2/q;+1;/b16-11-;;/t22-,23-,25-;;/m0../s1. The Morgan fingerprint density at radius 3 is 2.68 bits per heavy atom. The Labute approximate surface area is 233 Å². The van der Waals surface area contributed by atoms with Crippen molar-refractivity contribution in [2.24, 2.45) is 0 Å². The smallest absolute Gasteiger partial charge is 0.412 e. The van der Waals surface area contributed by atoms with Gasteiger partial charge in [0.1, 0.15) is 0 Å². The molecule has 9 nitrogen and oxygen atoms in total. The predicted octanol–water partition coefficient (Wildman–Crippen LogP) is 2.01. The summed E-state index contributed by atoms with van der Waals surface area (Å²) in [5.41, 5.74) is 1.95. The third-order valence-corrected chi connectivity index (χ3v) is 7.84. The van der Waals surface area contributed by atoms with E-state index < -0.39 is 0 Å². The van der Waals surface area contributed by atoms with E-state index in [0.29, 0.717) is 18.2 Å². The number of carbonyl (C=O) groups is 2. The molecule has 0 aromatic carbocycles. The maximum atomic E-state index is 12.4. The monoisotopic (exact) mass is 575 g/mol. The summed E-state index contributed by atoms with van der Waals surface area (Å²) in [6.45, 7) is 2.12. The molecule has 0 spiro atoms. The van der Waals surface area contributed by atoms with Crippen molar-refractivity contribution in [1.82, 2.24) is 30.8 Å². The number of unbranched alkanes of at least 4 members (excludes halogenated alkanes) is 1. The number of aromatic nitrogens is 2. The summed E-state index contributed by atoms with van der Waals surface area (Å²) in [7, 11) is 0. The predicted molar refractivity (Wildman–Crippen MR) is 143 cm³/mol. The number of urea groups is 1. The van der Waals surface area contributed by atoms with Gasteiger partial charge in [0.05, 0.1) is 17.8 Å². The number of thioether (sulfide) groups is 1. The molecule has 4 rings (SSSR count). The van der Waals surface area contributed by atoms with Crippen molar-refractivity contribution < 1.29 is 32.1 Å². The van der Waals surface area contributed by atoms with Crippen LogP contribution in [0.15, 0.2) is 55.0 Å². The summed E-state index contributed by atoms with van der Waals surface area (Å²) in [5, 5.41) is 9.51. The van der Waals surface area contributed by atoms with Crippen molar-refractivity contribution in [1.29, 1.82) is 0 Å². The molecule has 11 heteroatoms. The summed E-state index contributed by atoms with van der Waals surface area (Å²) >= 11 is 1.92. The van der Waals surface area contributed by atoms with Crippen molar-refractivity contribution >= 4 is 29.8 Å². The van der Waals surface area contributed by atoms with Gasteiger partial charge in [0.2, 0.25) is 5.91 Å². The van der Waals surface area contributed by atoms with Crippen molar-refractivity contribution in [2.75, 3.05) is 25.4 Å². The van der Waals surface area contributed by atoms with E-state index in [9.17, 15) is 9.59 Å². The van der Waals surface area contributed by atoms with Crippen LogP contribution < -0.4 is 16.0 Å². The maximum Gasteiger partial charge on any atom is 1.00 e. The van der Waals surface area contributed by atoms with Gasteiger partial charge in [0.15, 0.2) is 0 Å². The number of fused-ring (bicyclic) bond motifs is 1. The van der Waals surface area contributed by atoms with Gasteiger partial charge in [0.25, 0.3) is 0 Å². The summed E-state index contributed by atoms with van der Waals surface area (Å²) in [4.78, 5) is 34.8. The fourth-order valence-corrected chi connectivity index (χ4v) is 5.97. The third-order valence-electron chi connectivity index (χ3n) is 6.33. The molecule has 0 unspecified atom stereocenters. The molecule has 2 aliphatic rings. The molecular formula is C26H36CuN6O3S+. The van der Waals surface area contributed by atoms with Crippen LogP contribution in [-0.4, -0.2) is 75.0 Å². The topological polar surface area (TPSA) is 131 Å². The Hall–Kier alpha value is -2.59. The van der Waals surface area contributed by atoms with Crippen molar-refractivity contribution in [3.05, 3.63) is 66.4 Å². The molecule has 0 saturated carbocycles. The average Bonchev–Trinajstić information content (AvgIpc) is 3.43. The van der Waals surface area contributed by atoms with Crippen LogP contribution in [0.4, 0.5) is 4.79 Å². The quantitative estimate of drug-likeness (QED) is 0.190. The third kappa shape index (κ3) is 10.0. The molecule has 2 fully saturated rings. The minimum absolute atomic E-state index is 0. The minimum Gasteiger partial charge on any atom is -0.412 e. The summed E-state index contributed by atoms with van der Waals surface area (Å²) < 4.78 is 0. The van der Waals surface area contributed by atoms with Crippen LogP contribution in [-0.2, 0) is 28.3 Å². The Morgan fingerprint density at radius 1 is 1.11 bits per heavy atom. The second-order valence-electron chi connectivity index (χ2n) is 8.89. The molecule has 204 valence electrons. The van der Waals surface area contributed by atoms with Crippen molar-refractivity contribution in [2.45, 2.75) is 49.4 Å². The molecule has 0 bridgehead atoms. The van der Waals surface area contributed by atoms with E-state index in [1.807, 2.05) is 66.6 Å². The number of nitrogens with one attached hydrogen (secondary N) is 3. The first kappa shape index (κ1) is 30.6. The van der Waals surface area contributed by atoms with Gasteiger partial charge in [0, 0.05) is 67.8 Å². The second-order valence-corrected chi connectivity index (χ2v) is 10.2. The molecule has 2 aromatic rings. The van der Waals surface area contributed by atoms with Crippen molar-refractivity contribution in [3.63, 3.8) is 0 Å². The molecule has 2 saturated heterocycles. The first-order valence-corrected chi connectivity index (χ1v) is 13.4. The fourth-order valence-electron chi connectivity index (χ4n) is 4.42. The molecule has 2 aromatic heterocycles. The Kier molecular flexibility index (Phi) is 13.5. The number of hydrogen-bond donors (Lipinski definition) is 3. The largest absolute Gasteiger partial charge is 1.00 e. The minimum atomic E-state index is -0.0476. The molecule has 5 N–H and O–H groups in total. The average molecular weight is 576 g/mol. The molecule has 3 atom stereocenters. The molecule has 37 heavy (non-hydrogen) atoms. The van der Waals surface area contributed by atoms with E-state index in [-0.39, 0.29) is 46.6 Å². The van der Waals surface area contributed by atoms with Gasteiger partial charge in [-0.3, -0.25) is 14.8 Å². The van der Waals surface area contributed by atoms with E-state index in [4.69, 9.17) is 0 Å². The SMILES string of the molecule is O.O=C(CCCC[C@@H]1SC[C@@H]2NC(=O)N[C@@H]21)NCCN(/C=C\c1ccccn1)CCc1ccccn1.[Cu+]. The Morgan fingerprint density at radius 2 is 1.92 bits per heavy atom. The van der Waals surface area contributed by atoms with Gasteiger partial charge in [-0.1, -0.05) is 18.6 Å². The van der Waals surface area contributed by atoms with E-state index in [1.54, 1.807) is 6.20 Å². The van der Waals surface area contributed by atoms with Gasteiger partial charge >= 0.3 is 23.1 Å². The molecule has 0 aliphatic carbocycles. The molecular weight excluding hydrogens is 540 g/mol. The van der Waals surface area contributed by atoms with E-state index in [1.165, 1.54) is 0 Å². The fraction of sp³-hybridized carbons (Fsp3) is 0.462.